The van der Waals surface area contributed by atoms with Crippen LogP contribution in [0.15, 0.2) is 37.0 Å². The lowest BCUT2D eigenvalue weighted by atomic mass is 9.73. The summed E-state index contributed by atoms with van der Waals surface area (Å²) in [5.74, 6) is 0.0759. The predicted octanol–water partition coefficient (Wildman–Crippen LogP) is 4.50. The fourth-order valence-corrected chi connectivity index (χ4v) is 16.2. The van der Waals surface area contributed by atoms with Gasteiger partial charge in [-0.2, -0.15) is 16.8 Å². The van der Waals surface area contributed by atoms with E-state index in [0.29, 0.717) is 63.4 Å². The smallest absolute Gasteiger partial charge is 0.387 e. The zero-order valence-electron chi connectivity index (χ0n) is 44.4. The Kier molecular flexibility index (Phi) is 15.1. The Morgan fingerprint density at radius 3 is 1.89 bits per heavy atom. The largest absolute Gasteiger partial charge is 0.397 e. The highest BCUT2D eigenvalue weighted by atomic mass is 32.3. The summed E-state index contributed by atoms with van der Waals surface area (Å²) in [7, 11) is -9.59. The van der Waals surface area contributed by atoms with Crippen LogP contribution in [0.3, 0.4) is 0 Å². The maximum Gasteiger partial charge on any atom is 0.397 e. The van der Waals surface area contributed by atoms with Gasteiger partial charge in [-0.05, 0) is 91.1 Å². The standard InChI is InChI=1S/C53H80O21S2/c1-9-10-14-49(4,55)48-28(3)19-37-36(69-48)25-44-53(8,72-37)47(54)46-40(68-44)23-39-45(70-46)27(2)12-16-51(6)42(67-39)26-41-52(7,74-51)17-13-29-30(66-41)20-32-31(63-29)21-33-34(64-32)22-38-35(65-33)24-43(73-76(59,60)61)50(5,71-38)15-11-18-62-75(56,57)58/h9-10,14,27,29-48,54-55H,1,3,11-13,15-26H2,2,4-8H3,(H,56,57,58)(H,59,60,61)/b14-10+/t27-,29-,30+,31+,32-,33-,34+,35+,36+,37-,38-,39-,40+,41-,42+,43-,44-,45+,46+,47+,48-,49+,50+,51-,52+,53+/m0/s1. The van der Waals surface area contributed by atoms with Crippen molar-refractivity contribution in [2.45, 2.75) is 282 Å². The molecule has 0 saturated carbocycles. The number of allylic oxidation sites excluding steroid dienone is 2. The number of rotatable bonds is 10. The van der Waals surface area contributed by atoms with Gasteiger partial charge in [0.1, 0.15) is 35.6 Å². The van der Waals surface area contributed by atoms with E-state index < -0.39 is 110 Å². The van der Waals surface area contributed by atoms with Crippen molar-refractivity contribution in [3.05, 3.63) is 37.0 Å². The molecule has 76 heavy (non-hydrogen) atoms. The van der Waals surface area contributed by atoms with Gasteiger partial charge in [0.2, 0.25) is 0 Å². The van der Waals surface area contributed by atoms with E-state index in [9.17, 15) is 31.6 Å². The van der Waals surface area contributed by atoms with Crippen molar-refractivity contribution in [2.75, 3.05) is 6.61 Å². The van der Waals surface area contributed by atoms with Gasteiger partial charge in [0.25, 0.3) is 0 Å². The minimum Gasteiger partial charge on any atom is -0.387 e. The van der Waals surface area contributed by atoms with Gasteiger partial charge >= 0.3 is 20.8 Å². The third-order valence-electron chi connectivity index (χ3n) is 19.4. The number of fused-ring (bicyclic) bond motifs is 10. The molecule has 0 aliphatic carbocycles. The molecule has 11 heterocycles. The Hall–Kier alpha value is -1.56. The highest BCUT2D eigenvalue weighted by Gasteiger charge is 2.65. The van der Waals surface area contributed by atoms with Gasteiger partial charge in [-0.1, -0.05) is 38.3 Å². The Bertz CT molecular complexity index is 2440. The highest BCUT2D eigenvalue weighted by molar-refractivity contribution is 7.81. The van der Waals surface area contributed by atoms with E-state index in [2.05, 4.69) is 38.1 Å². The topological polar surface area (TPSA) is 269 Å². The lowest BCUT2D eigenvalue weighted by molar-refractivity contribution is -0.369. The molecule has 0 bridgehead atoms. The maximum atomic E-state index is 12.3. The second-order valence-electron chi connectivity index (χ2n) is 25.0. The molecule has 0 aromatic rings. The first-order chi connectivity index (χ1) is 35.6. The number of hydrogen-bond acceptors (Lipinski definition) is 19. The first kappa shape index (κ1) is 56.3. The van der Waals surface area contributed by atoms with Gasteiger partial charge in [-0.15, -0.1) is 0 Å². The van der Waals surface area contributed by atoms with Crippen molar-refractivity contribution in [1.29, 1.82) is 0 Å². The van der Waals surface area contributed by atoms with E-state index >= 15 is 0 Å². The second kappa shape index (κ2) is 20.4. The first-order valence-corrected chi connectivity index (χ1v) is 30.3. The first-order valence-electron chi connectivity index (χ1n) is 27.6. The summed E-state index contributed by atoms with van der Waals surface area (Å²) in [6.07, 6.45) is 1.96. The molecule has 0 spiro atoms. The van der Waals surface area contributed by atoms with Crippen LogP contribution in [-0.2, 0) is 81.3 Å². The van der Waals surface area contributed by atoms with Crippen LogP contribution in [0.4, 0.5) is 0 Å². The summed E-state index contributed by atoms with van der Waals surface area (Å²) < 4.78 is 151. The summed E-state index contributed by atoms with van der Waals surface area (Å²) in [6, 6.07) is 0. The molecule has 0 amide bonds. The predicted molar refractivity (Wildman–Crippen MR) is 267 cm³/mol. The van der Waals surface area contributed by atoms with Crippen LogP contribution >= 0.6 is 0 Å². The van der Waals surface area contributed by atoms with Crippen LogP contribution in [0.1, 0.15) is 131 Å². The molecule has 4 N–H and O–H groups in total. The summed E-state index contributed by atoms with van der Waals surface area (Å²) in [5.41, 5.74) is -4.27. The van der Waals surface area contributed by atoms with Crippen LogP contribution in [-0.4, -0.2) is 193 Å². The summed E-state index contributed by atoms with van der Waals surface area (Å²) >= 11 is 0. The van der Waals surface area contributed by atoms with Gasteiger partial charge in [-0.25, -0.2) is 8.37 Å². The van der Waals surface area contributed by atoms with E-state index in [1.165, 1.54) is 0 Å². The van der Waals surface area contributed by atoms with Crippen molar-refractivity contribution in [3.63, 3.8) is 0 Å². The maximum absolute atomic E-state index is 12.3. The summed E-state index contributed by atoms with van der Waals surface area (Å²) in [6.45, 7) is 19.3. The fraction of sp³-hybridized carbons (Fsp3) is 0.887. The third-order valence-corrected chi connectivity index (χ3v) is 20.3. The van der Waals surface area contributed by atoms with Gasteiger partial charge in [0, 0.05) is 44.9 Å². The minimum absolute atomic E-state index is 0.0634. The minimum atomic E-state index is -4.90. The number of aliphatic hydroxyl groups excluding tert-OH is 1. The Balaban J connectivity index is 0.750. The highest BCUT2D eigenvalue weighted by Crippen LogP contribution is 2.54. The molecule has 23 heteroatoms. The van der Waals surface area contributed by atoms with E-state index in [0.717, 1.165) is 12.8 Å². The number of aliphatic hydroxyl groups is 2. The van der Waals surface area contributed by atoms with Gasteiger partial charge < -0.3 is 62.3 Å². The third kappa shape index (κ3) is 10.8. The Labute approximate surface area is 446 Å². The number of hydrogen-bond donors (Lipinski definition) is 4. The Morgan fingerprint density at radius 2 is 1.24 bits per heavy atom. The molecule has 11 fully saturated rings. The molecule has 430 valence electrons. The van der Waals surface area contributed by atoms with Crippen molar-refractivity contribution in [1.82, 2.24) is 0 Å². The second-order valence-corrected chi connectivity index (χ2v) is 27.1. The normalized spacial score (nSPS) is 52.1. The van der Waals surface area contributed by atoms with Gasteiger partial charge in [0.05, 0.1) is 121 Å². The molecular formula is C53H80O21S2. The fourth-order valence-electron chi connectivity index (χ4n) is 15.2. The lowest BCUT2D eigenvalue weighted by Crippen LogP contribution is -2.74. The average molecular weight is 1120 g/mol. The zero-order chi connectivity index (χ0) is 54.1. The van der Waals surface area contributed by atoms with Crippen molar-refractivity contribution in [3.8, 4) is 0 Å². The molecule has 0 aromatic carbocycles. The monoisotopic (exact) mass is 1120 g/mol. The van der Waals surface area contributed by atoms with Crippen LogP contribution in [0, 0.1) is 5.92 Å². The van der Waals surface area contributed by atoms with Gasteiger partial charge in [0.15, 0.2) is 0 Å². The SMILES string of the molecule is C=C/C=C/[C@@](C)(O)[C@H]1O[C@@H]2C[C@@H]3O[C@@H]4C[C@@H]5O[C@@H]6C[C@@H]7O[C@@H]8C[C@@H]9O[C@@H]%10C[C@@H]%11O[C@](C)(CCCOS(=O)(=O)O)[C@@H](OS(=O)(=O)O)C[C@H]%11O[C@H]%10C[C@H]9O[C@H]8CC[C@@]7(C)O[C@@]6(C)CC[C@H](C)[C@H]5O[C@H]4[C@@H](O)[C@]3(C)O[C@H]2CC1=C. The Morgan fingerprint density at radius 1 is 0.671 bits per heavy atom. The summed E-state index contributed by atoms with van der Waals surface area (Å²) in [5, 5.41) is 23.7. The van der Waals surface area contributed by atoms with E-state index in [-0.39, 0.29) is 92.8 Å². The number of ether oxygens (including phenoxy) is 11. The molecule has 0 unspecified atom stereocenters. The van der Waals surface area contributed by atoms with E-state index in [4.69, 9.17) is 60.8 Å². The van der Waals surface area contributed by atoms with Crippen LogP contribution in [0.5, 0.6) is 0 Å². The van der Waals surface area contributed by atoms with E-state index in [1.807, 2.05) is 6.92 Å². The summed E-state index contributed by atoms with van der Waals surface area (Å²) in [4.78, 5) is 0. The molecule has 11 aliphatic rings. The molecular weight excluding hydrogens is 1040 g/mol. The van der Waals surface area contributed by atoms with Crippen LogP contribution in [0.25, 0.3) is 0 Å². The van der Waals surface area contributed by atoms with Crippen LogP contribution < -0.4 is 0 Å². The molecule has 26 atom stereocenters. The average Bonchev–Trinajstić information content (AvgIpc) is 3.51. The zero-order valence-corrected chi connectivity index (χ0v) is 46.1. The van der Waals surface area contributed by atoms with Crippen molar-refractivity contribution < 1.29 is 96.6 Å². The molecule has 11 aliphatic heterocycles. The van der Waals surface area contributed by atoms with Crippen molar-refractivity contribution in [2.24, 2.45) is 5.92 Å². The molecule has 11 rings (SSSR count). The van der Waals surface area contributed by atoms with Crippen molar-refractivity contribution >= 4 is 20.8 Å². The lowest BCUT2D eigenvalue weighted by Gasteiger charge is -2.61. The molecule has 11 saturated heterocycles. The molecule has 0 radical (unpaired) electrons. The molecule has 0 aromatic heterocycles. The molecule has 21 nitrogen and oxygen atoms in total. The van der Waals surface area contributed by atoms with Gasteiger partial charge in [-0.3, -0.25) is 9.11 Å². The van der Waals surface area contributed by atoms with Crippen LogP contribution in [0.2, 0.25) is 0 Å². The van der Waals surface area contributed by atoms with E-state index in [1.54, 1.807) is 32.1 Å². The quantitative estimate of drug-likeness (QED) is 0.101.